The molecule has 0 N–H and O–H groups in total. The molecule has 0 spiro atoms. The summed E-state index contributed by atoms with van der Waals surface area (Å²) in [4.78, 5) is 24.9. The summed E-state index contributed by atoms with van der Waals surface area (Å²) in [6, 6.07) is 13.5. The van der Waals surface area contributed by atoms with Gasteiger partial charge in [0.15, 0.2) is 17.8 Å². The SMILES string of the molecule is CC(=O)C1=NN(c2ccc(Cl)cc2)[C@@H](c2ccc([N+](=O)[O-])cc2)N1C(C)(C)C. The van der Waals surface area contributed by atoms with E-state index in [0.717, 1.165) is 11.3 Å². The summed E-state index contributed by atoms with van der Waals surface area (Å²) in [6.45, 7) is 7.47. The summed E-state index contributed by atoms with van der Waals surface area (Å²) >= 11 is 6.02. The number of amidine groups is 1. The molecule has 0 aliphatic carbocycles. The number of nitro groups is 1. The van der Waals surface area contributed by atoms with Crippen LogP contribution in [0.2, 0.25) is 5.02 Å². The predicted molar refractivity (Wildman–Crippen MR) is 109 cm³/mol. The third kappa shape index (κ3) is 3.71. The molecule has 28 heavy (non-hydrogen) atoms. The monoisotopic (exact) mass is 400 g/mol. The highest BCUT2D eigenvalue weighted by Gasteiger charge is 2.43. The fourth-order valence-electron chi connectivity index (χ4n) is 3.21. The number of benzene rings is 2. The van der Waals surface area contributed by atoms with E-state index in [2.05, 4.69) is 5.10 Å². The number of nitrogens with zero attached hydrogens (tertiary/aromatic N) is 4. The number of rotatable bonds is 4. The Labute approximate surface area is 168 Å². The Kier molecular flexibility index (Phi) is 5.12. The van der Waals surface area contributed by atoms with Crippen molar-refractivity contribution in [2.75, 3.05) is 5.01 Å². The van der Waals surface area contributed by atoms with Crippen LogP contribution < -0.4 is 5.01 Å². The van der Waals surface area contributed by atoms with Crippen LogP contribution in [0.4, 0.5) is 11.4 Å². The van der Waals surface area contributed by atoms with Gasteiger partial charge in [0.2, 0.25) is 0 Å². The van der Waals surface area contributed by atoms with Crippen LogP contribution in [-0.4, -0.2) is 27.0 Å². The lowest BCUT2D eigenvalue weighted by Crippen LogP contribution is -2.49. The molecule has 0 fully saturated rings. The van der Waals surface area contributed by atoms with Crippen molar-refractivity contribution >= 4 is 34.6 Å². The molecule has 0 amide bonds. The van der Waals surface area contributed by atoms with E-state index >= 15 is 0 Å². The highest BCUT2D eigenvalue weighted by Crippen LogP contribution is 2.40. The average molecular weight is 401 g/mol. The van der Waals surface area contributed by atoms with E-state index in [9.17, 15) is 14.9 Å². The molecule has 1 heterocycles. The highest BCUT2D eigenvalue weighted by molar-refractivity contribution is 6.38. The molecule has 146 valence electrons. The van der Waals surface area contributed by atoms with E-state index in [4.69, 9.17) is 11.6 Å². The number of carbonyl (C=O) groups excluding carboxylic acids is 1. The zero-order valence-electron chi connectivity index (χ0n) is 16.1. The van der Waals surface area contributed by atoms with Gasteiger partial charge in [-0.15, -0.1) is 5.10 Å². The number of anilines is 1. The molecule has 0 aromatic heterocycles. The van der Waals surface area contributed by atoms with Crippen molar-refractivity contribution in [3.8, 4) is 0 Å². The van der Waals surface area contributed by atoms with E-state index in [-0.39, 0.29) is 11.5 Å². The summed E-state index contributed by atoms with van der Waals surface area (Å²) in [6.07, 6.45) is -0.430. The first kappa shape index (κ1) is 19.8. The number of carbonyl (C=O) groups is 1. The predicted octanol–water partition coefficient (Wildman–Crippen LogP) is 4.77. The smallest absolute Gasteiger partial charge is 0.269 e. The molecular formula is C20H21ClN4O3. The summed E-state index contributed by atoms with van der Waals surface area (Å²) in [7, 11) is 0. The molecule has 7 nitrogen and oxygen atoms in total. The molecule has 1 atom stereocenters. The Morgan fingerprint density at radius 2 is 1.68 bits per heavy atom. The minimum atomic E-state index is -0.436. The van der Waals surface area contributed by atoms with Gasteiger partial charge in [-0.3, -0.25) is 14.9 Å². The maximum atomic E-state index is 12.3. The van der Waals surface area contributed by atoms with Crippen molar-refractivity contribution in [2.45, 2.75) is 39.4 Å². The first-order chi connectivity index (χ1) is 13.1. The zero-order valence-corrected chi connectivity index (χ0v) is 16.8. The first-order valence-electron chi connectivity index (χ1n) is 8.77. The van der Waals surface area contributed by atoms with Gasteiger partial charge < -0.3 is 4.90 Å². The number of Topliss-reactive ketones (excluding diaryl/α,β-unsaturated/α-hetero) is 1. The van der Waals surface area contributed by atoms with Crippen LogP contribution in [0.25, 0.3) is 0 Å². The molecule has 0 bridgehead atoms. The van der Waals surface area contributed by atoms with Gasteiger partial charge in [-0.05, 0) is 62.7 Å². The molecule has 3 rings (SSSR count). The lowest BCUT2D eigenvalue weighted by Gasteiger charge is -2.40. The number of hydrogen-bond acceptors (Lipinski definition) is 6. The van der Waals surface area contributed by atoms with Crippen LogP contribution in [0.5, 0.6) is 0 Å². The average Bonchev–Trinajstić information content (AvgIpc) is 3.03. The number of halogens is 1. The van der Waals surface area contributed by atoms with Gasteiger partial charge in [0, 0.05) is 29.6 Å². The second-order valence-corrected chi connectivity index (χ2v) is 8.00. The Morgan fingerprint density at radius 1 is 1.11 bits per heavy atom. The van der Waals surface area contributed by atoms with Gasteiger partial charge in [0.25, 0.3) is 5.69 Å². The number of hydrazone groups is 1. The van der Waals surface area contributed by atoms with Gasteiger partial charge in [0.1, 0.15) is 0 Å². The third-order valence-electron chi connectivity index (χ3n) is 4.44. The van der Waals surface area contributed by atoms with Crippen LogP contribution in [-0.2, 0) is 4.79 Å². The van der Waals surface area contributed by atoms with Crippen molar-refractivity contribution in [1.29, 1.82) is 0 Å². The lowest BCUT2D eigenvalue weighted by molar-refractivity contribution is -0.384. The van der Waals surface area contributed by atoms with Crippen LogP contribution in [0.15, 0.2) is 53.6 Å². The maximum Gasteiger partial charge on any atom is 0.269 e. The molecular weight excluding hydrogens is 380 g/mol. The van der Waals surface area contributed by atoms with Crippen LogP contribution >= 0.6 is 11.6 Å². The quantitative estimate of drug-likeness (QED) is 0.545. The molecule has 0 unspecified atom stereocenters. The summed E-state index contributed by atoms with van der Waals surface area (Å²) in [5, 5.41) is 18.0. The Bertz CT molecular complexity index is 933. The molecule has 2 aromatic carbocycles. The number of nitro benzene ring substituents is 1. The highest BCUT2D eigenvalue weighted by atomic mass is 35.5. The maximum absolute atomic E-state index is 12.3. The second-order valence-electron chi connectivity index (χ2n) is 7.56. The van der Waals surface area contributed by atoms with E-state index in [1.54, 1.807) is 29.3 Å². The van der Waals surface area contributed by atoms with Crippen LogP contribution in [0.3, 0.4) is 0 Å². The van der Waals surface area contributed by atoms with Crippen molar-refractivity contribution in [2.24, 2.45) is 5.10 Å². The normalized spacial score (nSPS) is 16.9. The Hall–Kier alpha value is -2.93. The molecule has 0 saturated heterocycles. The van der Waals surface area contributed by atoms with E-state index in [1.165, 1.54) is 19.1 Å². The number of non-ortho nitro benzene ring substituents is 1. The summed E-state index contributed by atoms with van der Waals surface area (Å²) in [5.41, 5.74) is 1.14. The third-order valence-corrected chi connectivity index (χ3v) is 4.69. The number of ketones is 1. The van der Waals surface area contributed by atoms with Gasteiger partial charge in [-0.25, -0.2) is 5.01 Å². The largest absolute Gasteiger partial charge is 0.321 e. The van der Waals surface area contributed by atoms with Gasteiger partial charge in [0.05, 0.1) is 10.6 Å². The standard InChI is InChI=1S/C20H21ClN4O3/c1-13(26)18-22-24(16-11-7-15(21)8-12-16)19(23(18)20(2,3)4)14-5-9-17(10-6-14)25(27)28/h5-12,19H,1-4H3/t19-/m0/s1. The molecule has 0 radical (unpaired) electrons. The molecule has 2 aromatic rings. The molecule has 1 aliphatic rings. The second kappa shape index (κ2) is 7.24. The van der Waals surface area contributed by atoms with E-state index < -0.39 is 16.6 Å². The van der Waals surface area contributed by atoms with E-state index in [1.807, 2.05) is 37.8 Å². The topological polar surface area (TPSA) is 79.0 Å². The summed E-state index contributed by atoms with van der Waals surface area (Å²) in [5.74, 6) is 0.184. The molecule has 0 saturated carbocycles. The van der Waals surface area contributed by atoms with Crippen molar-refractivity contribution in [3.63, 3.8) is 0 Å². The van der Waals surface area contributed by atoms with Gasteiger partial charge >= 0.3 is 0 Å². The Morgan fingerprint density at radius 3 is 2.14 bits per heavy atom. The van der Waals surface area contributed by atoms with Crippen molar-refractivity contribution in [1.82, 2.24) is 4.90 Å². The van der Waals surface area contributed by atoms with Gasteiger partial charge in [-0.2, -0.15) is 0 Å². The fraction of sp³-hybridized carbons (Fsp3) is 0.300. The van der Waals surface area contributed by atoms with Crippen LogP contribution in [0, 0.1) is 10.1 Å². The Balaban J connectivity index is 2.15. The minimum absolute atomic E-state index is 0.00908. The van der Waals surface area contributed by atoms with Crippen molar-refractivity contribution in [3.05, 3.63) is 69.2 Å². The fourth-order valence-corrected chi connectivity index (χ4v) is 3.33. The molecule has 8 heteroatoms. The number of hydrogen-bond donors (Lipinski definition) is 0. The summed E-state index contributed by atoms with van der Waals surface area (Å²) < 4.78 is 0. The van der Waals surface area contributed by atoms with Gasteiger partial charge in [-0.1, -0.05) is 11.6 Å². The van der Waals surface area contributed by atoms with E-state index in [0.29, 0.717) is 10.9 Å². The minimum Gasteiger partial charge on any atom is -0.321 e. The van der Waals surface area contributed by atoms with Crippen LogP contribution in [0.1, 0.15) is 39.4 Å². The van der Waals surface area contributed by atoms with Crippen molar-refractivity contribution < 1.29 is 9.72 Å². The zero-order chi connectivity index (χ0) is 20.6. The molecule has 1 aliphatic heterocycles. The first-order valence-corrected chi connectivity index (χ1v) is 9.15. The lowest BCUT2D eigenvalue weighted by atomic mass is 10.0.